The highest BCUT2D eigenvalue weighted by Crippen LogP contribution is 2.08. The van der Waals surface area contributed by atoms with E-state index in [1.54, 1.807) is 0 Å². The lowest BCUT2D eigenvalue weighted by atomic mass is 10.2. The van der Waals surface area contributed by atoms with Gasteiger partial charge in [-0.15, -0.1) is 0 Å². The van der Waals surface area contributed by atoms with Crippen molar-refractivity contribution < 1.29 is 17.4 Å². The molecular formula is C7H13NO4S2. The lowest BCUT2D eigenvalue weighted by molar-refractivity contribution is -0.135. The average Bonchev–Trinajstić information content (AvgIpc) is 2.53. The van der Waals surface area contributed by atoms with Crippen LogP contribution in [0.4, 0.5) is 0 Å². The van der Waals surface area contributed by atoms with E-state index < -0.39 is 22.1 Å². The number of nitrogens with one attached hydrogen (secondary N) is 1. The topological polar surface area (TPSA) is 72.5 Å². The number of hydrogen-bond acceptors (Lipinski definition) is 6. The second kappa shape index (κ2) is 4.99. The molecule has 1 heterocycles. The Hall–Kier alpha value is -0.270. The quantitative estimate of drug-likeness (QED) is 0.513. The van der Waals surface area contributed by atoms with Crippen molar-refractivity contribution in [1.29, 1.82) is 0 Å². The molecule has 1 aliphatic heterocycles. The molecule has 82 valence electrons. The van der Waals surface area contributed by atoms with Crippen LogP contribution in [-0.4, -0.2) is 38.5 Å². The first kappa shape index (κ1) is 11.8. The fourth-order valence-corrected chi connectivity index (χ4v) is 2.57. The molecule has 0 spiro atoms. The Balaban J connectivity index is 2.47. The SMILES string of the molecule is O=C(OS(=O)(=O)CCS)[C@@H]1CCCN1. The standard InChI is InChI=1S/C7H13NO4S2/c9-7(6-2-1-3-8-6)12-14(10,11)5-4-13/h6,8,13H,1-5H2/t6-/m0/s1. The number of carbonyl (C=O) groups is 1. The zero-order valence-corrected chi connectivity index (χ0v) is 9.31. The average molecular weight is 239 g/mol. The summed E-state index contributed by atoms with van der Waals surface area (Å²) in [5.41, 5.74) is 0. The van der Waals surface area contributed by atoms with Crippen molar-refractivity contribution in [3.63, 3.8) is 0 Å². The molecule has 1 rings (SSSR count). The monoisotopic (exact) mass is 239 g/mol. The van der Waals surface area contributed by atoms with Crippen LogP contribution in [0.3, 0.4) is 0 Å². The van der Waals surface area contributed by atoms with Crippen molar-refractivity contribution in [3.05, 3.63) is 0 Å². The lowest BCUT2D eigenvalue weighted by Crippen LogP contribution is -2.34. The van der Waals surface area contributed by atoms with Crippen LogP contribution in [0.1, 0.15) is 12.8 Å². The van der Waals surface area contributed by atoms with E-state index in [1.165, 1.54) is 0 Å². The Labute approximate surface area is 88.7 Å². The van der Waals surface area contributed by atoms with E-state index in [2.05, 4.69) is 22.1 Å². The van der Waals surface area contributed by atoms with Gasteiger partial charge in [0.05, 0.1) is 5.75 Å². The maximum Gasteiger partial charge on any atom is 0.338 e. The van der Waals surface area contributed by atoms with Crippen molar-refractivity contribution in [2.75, 3.05) is 18.1 Å². The molecule has 1 fully saturated rings. The molecule has 0 bridgehead atoms. The van der Waals surface area contributed by atoms with Gasteiger partial charge in [0.25, 0.3) is 0 Å². The Morgan fingerprint density at radius 2 is 2.29 bits per heavy atom. The van der Waals surface area contributed by atoms with E-state index in [9.17, 15) is 13.2 Å². The second-order valence-corrected chi connectivity index (χ2v) is 5.17. The Bertz CT molecular complexity index is 295. The number of thiol groups is 1. The molecule has 14 heavy (non-hydrogen) atoms. The first-order valence-corrected chi connectivity index (χ1v) is 6.56. The third-order valence-corrected chi connectivity index (χ3v) is 3.54. The van der Waals surface area contributed by atoms with Crippen molar-refractivity contribution in [1.82, 2.24) is 5.32 Å². The Kier molecular flexibility index (Phi) is 4.21. The van der Waals surface area contributed by atoms with Crippen LogP contribution in [0.15, 0.2) is 0 Å². The summed E-state index contributed by atoms with van der Waals surface area (Å²) in [6.45, 7) is 0.729. The molecule has 1 N–H and O–H groups in total. The number of hydrogen-bond donors (Lipinski definition) is 2. The minimum Gasteiger partial charge on any atom is -0.344 e. The van der Waals surface area contributed by atoms with Gasteiger partial charge in [0.2, 0.25) is 0 Å². The summed E-state index contributed by atoms with van der Waals surface area (Å²) in [6.07, 6.45) is 1.50. The van der Waals surface area contributed by atoms with Gasteiger partial charge in [-0.2, -0.15) is 21.0 Å². The zero-order chi connectivity index (χ0) is 10.6. The van der Waals surface area contributed by atoms with Crippen molar-refractivity contribution in [2.45, 2.75) is 18.9 Å². The van der Waals surface area contributed by atoms with Gasteiger partial charge in [0.15, 0.2) is 0 Å². The van der Waals surface area contributed by atoms with Crippen LogP contribution in [0.25, 0.3) is 0 Å². The highest BCUT2D eigenvalue weighted by Gasteiger charge is 2.27. The van der Waals surface area contributed by atoms with E-state index in [-0.39, 0.29) is 11.5 Å². The smallest absolute Gasteiger partial charge is 0.338 e. The summed E-state index contributed by atoms with van der Waals surface area (Å²) < 4.78 is 26.5. The van der Waals surface area contributed by atoms with Gasteiger partial charge in [0.1, 0.15) is 6.04 Å². The normalized spacial score (nSPS) is 22.2. The van der Waals surface area contributed by atoms with Gasteiger partial charge in [-0.3, -0.25) is 0 Å². The molecule has 0 saturated carbocycles. The number of rotatable bonds is 4. The van der Waals surface area contributed by atoms with E-state index >= 15 is 0 Å². The van der Waals surface area contributed by atoms with Gasteiger partial charge < -0.3 is 9.50 Å². The van der Waals surface area contributed by atoms with Crippen molar-refractivity contribution in [2.24, 2.45) is 0 Å². The van der Waals surface area contributed by atoms with Gasteiger partial charge >= 0.3 is 16.1 Å². The molecule has 1 atom stereocenters. The number of carbonyl (C=O) groups excluding carboxylic acids is 1. The highest BCUT2D eigenvalue weighted by atomic mass is 32.2. The fraction of sp³-hybridized carbons (Fsp3) is 0.857. The van der Waals surface area contributed by atoms with E-state index in [0.717, 1.165) is 13.0 Å². The largest absolute Gasteiger partial charge is 0.344 e. The molecule has 5 nitrogen and oxygen atoms in total. The van der Waals surface area contributed by atoms with Crippen molar-refractivity contribution in [3.8, 4) is 0 Å². The minimum atomic E-state index is -3.73. The van der Waals surface area contributed by atoms with Crippen LogP contribution in [0, 0.1) is 0 Å². The van der Waals surface area contributed by atoms with Crippen LogP contribution in [0.5, 0.6) is 0 Å². The van der Waals surface area contributed by atoms with E-state index in [1.807, 2.05) is 0 Å². The third kappa shape index (κ3) is 3.47. The molecule has 1 saturated heterocycles. The lowest BCUT2D eigenvalue weighted by Gasteiger charge is -2.09. The Morgan fingerprint density at radius 1 is 1.57 bits per heavy atom. The predicted molar refractivity (Wildman–Crippen MR) is 54.8 cm³/mol. The first-order chi connectivity index (χ1) is 6.55. The summed E-state index contributed by atoms with van der Waals surface area (Å²) in [4.78, 5) is 11.2. The van der Waals surface area contributed by atoms with Gasteiger partial charge in [0, 0.05) is 5.75 Å². The first-order valence-electron chi connectivity index (χ1n) is 4.35. The summed E-state index contributed by atoms with van der Waals surface area (Å²) >= 11 is 3.76. The van der Waals surface area contributed by atoms with Crippen LogP contribution in [-0.2, 0) is 19.1 Å². The van der Waals surface area contributed by atoms with E-state index in [0.29, 0.717) is 6.42 Å². The molecule has 0 unspecified atom stereocenters. The van der Waals surface area contributed by atoms with Gasteiger partial charge in [-0.05, 0) is 19.4 Å². The predicted octanol–water partition coefficient (Wildman–Crippen LogP) is -0.459. The highest BCUT2D eigenvalue weighted by molar-refractivity contribution is 7.88. The van der Waals surface area contributed by atoms with Gasteiger partial charge in [-0.1, -0.05) is 0 Å². The Morgan fingerprint density at radius 3 is 2.79 bits per heavy atom. The summed E-state index contributed by atoms with van der Waals surface area (Å²) in [6, 6.07) is -0.468. The van der Waals surface area contributed by atoms with Crippen molar-refractivity contribution >= 4 is 28.7 Å². The second-order valence-electron chi connectivity index (χ2n) is 3.04. The molecule has 0 aromatic heterocycles. The third-order valence-electron chi connectivity index (χ3n) is 1.90. The molecule has 0 amide bonds. The molecule has 0 aromatic carbocycles. The molecule has 1 aliphatic rings. The zero-order valence-electron chi connectivity index (χ0n) is 7.60. The summed E-state index contributed by atoms with van der Waals surface area (Å²) in [5, 5.41) is 2.86. The van der Waals surface area contributed by atoms with Crippen LogP contribution in [0.2, 0.25) is 0 Å². The summed E-state index contributed by atoms with van der Waals surface area (Å²) in [7, 11) is -3.73. The molecule has 0 radical (unpaired) electrons. The van der Waals surface area contributed by atoms with Gasteiger partial charge in [-0.25, -0.2) is 4.79 Å². The fourth-order valence-electron chi connectivity index (χ4n) is 1.22. The molecule has 7 heteroatoms. The van der Waals surface area contributed by atoms with Crippen LogP contribution >= 0.6 is 12.6 Å². The maximum atomic E-state index is 11.2. The molecular weight excluding hydrogens is 226 g/mol. The van der Waals surface area contributed by atoms with E-state index in [4.69, 9.17) is 0 Å². The van der Waals surface area contributed by atoms with Crippen LogP contribution < -0.4 is 5.32 Å². The molecule has 0 aromatic rings. The molecule has 0 aliphatic carbocycles. The minimum absolute atomic E-state index is 0.147. The maximum absolute atomic E-state index is 11.2. The summed E-state index contributed by atoms with van der Waals surface area (Å²) in [5.74, 6) is -0.799.